The summed E-state index contributed by atoms with van der Waals surface area (Å²) in [4.78, 5) is 22.2. The molecule has 11 heteroatoms. The van der Waals surface area contributed by atoms with Crippen molar-refractivity contribution in [3.63, 3.8) is 0 Å². The van der Waals surface area contributed by atoms with E-state index in [2.05, 4.69) is 20.3 Å². The Morgan fingerprint density at radius 3 is 2.46 bits per heavy atom. The van der Waals surface area contributed by atoms with Crippen molar-refractivity contribution < 1.29 is 22.7 Å². The van der Waals surface area contributed by atoms with E-state index >= 15 is 0 Å². The van der Waals surface area contributed by atoms with Crippen molar-refractivity contribution in [2.75, 3.05) is 31.9 Å². The normalized spacial score (nSPS) is 14.0. The van der Waals surface area contributed by atoms with Gasteiger partial charge in [0.1, 0.15) is 0 Å². The summed E-state index contributed by atoms with van der Waals surface area (Å²) in [6, 6.07) is 10.3. The number of nitrogens with one attached hydrogen (secondary N) is 3. The Labute approximate surface area is 242 Å². The van der Waals surface area contributed by atoms with Gasteiger partial charge in [-0.25, -0.2) is 23.1 Å². The number of aromatic nitrogens is 2. The molecule has 3 aromatic rings. The smallest absolute Gasteiger partial charge is 0.240 e. The molecule has 3 N–H and O–H groups in total. The van der Waals surface area contributed by atoms with E-state index in [4.69, 9.17) is 14.5 Å². The van der Waals surface area contributed by atoms with Gasteiger partial charge < -0.3 is 14.8 Å². The van der Waals surface area contributed by atoms with E-state index < -0.39 is 10.0 Å². The van der Waals surface area contributed by atoms with Crippen LogP contribution in [0.4, 0.5) is 17.3 Å². The van der Waals surface area contributed by atoms with Gasteiger partial charge >= 0.3 is 0 Å². The second kappa shape index (κ2) is 13.8. The van der Waals surface area contributed by atoms with Crippen LogP contribution in [-0.2, 0) is 27.7 Å². The summed E-state index contributed by atoms with van der Waals surface area (Å²) in [5, 5.41) is 6.18. The molecular weight excluding hydrogens is 542 g/mol. The Morgan fingerprint density at radius 2 is 1.76 bits per heavy atom. The molecule has 0 radical (unpaired) electrons. The predicted octanol–water partition coefficient (Wildman–Crippen LogP) is 5.15. The SMILES string of the molecule is CNS(=O)(=O)c1ccc(C)c(Nc2cnc(NC(=O)Cc3ccc(OC)c(OC)c3)nc2CCC2CCCCC2)c1. The molecule has 0 atom stereocenters. The minimum atomic E-state index is -3.60. The molecule has 0 aliphatic heterocycles. The van der Waals surface area contributed by atoms with E-state index in [1.165, 1.54) is 39.2 Å². The third-order valence-corrected chi connectivity index (χ3v) is 8.92. The minimum absolute atomic E-state index is 0.118. The lowest BCUT2D eigenvalue weighted by molar-refractivity contribution is -0.115. The number of rotatable bonds is 12. The first-order valence-corrected chi connectivity index (χ1v) is 15.4. The Kier molecular flexibility index (Phi) is 10.2. The number of anilines is 3. The van der Waals surface area contributed by atoms with Gasteiger partial charge in [0.05, 0.1) is 43.1 Å². The number of amides is 1. The van der Waals surface area contributed by atoms with Gasteiger partial charge in [-0.3, -0.25) is 10.1 Å². The lowest BCUT2D eigenvalue weighted by atomic mass is 9.85. The fourth-order valence-corrected chi connectivity index (χ4v) is 5.86. The van der Waals surface area contributed by atoms with Crippen LogP contribution in [0, 0.1) is 12.8 Å². The molecule has 1 amide bonds. The molecule has 0 unspecified atom stereocenters. The molecule has 1 aliphatic rings. The first kappa shape index (κ1) is 30.3. The number of nitrogens with zero attached hydrogens (tertiary/aromatic N) is 2. The van der Waals surface area contributed by atoms with Crippen molar-refractivity contribution in [2.45, 2.75) is 63.2 Å². The Morgan fingerprint density at radius 1 is 1.00 bits per heavy atom. The molecule has 0 saturated heterocycles. The monoisotopic (exact) mass is 581 g/mol. The van der Waals surface area contributed by atoms with Gasteiger partial charge in [0.15, 0.2) is 11.5 Å². The van der Waals surface area contributed by atoms with Crippen molar-refractivity contribution in [3.05, 3.63) is 59.4 Å². The van der Waals surface area contributed by atoms with Crippen molar-refractivity contribution in [1.29, 1.82) is 0 Å². The summed E-state index contributed by atoms with van der Waals surface area (Å²) in [5.74, 6) is 1.76. The summed E-state index contributed by atoms with van der Waals surface area (Å²) in [6.07, 6.45) is 9.68. The standard InChI is InChI=1S/C30H39N5O5S/c1-20-10-13-23(41(37,38)31-2)18-25(20)33-26-19-32-30(34-24(26)14-11-21-8-6-5-7-9-21)35-29(36)17-22-12-15-27(39-3)28(16-22)40-4/h10,12-13,15-16,18-19,21,31,33H,5-9,11,14,17H2,1-4H3,(H,32,34,35,36). The van der Waals surface area contributed by atoms with Crippen molar-refractivity contribution in [2.24, 2.45) is 5.92 Å². The van der Waals surface area contributed by atoms with Crippen LogP contribution < -0.4 is 24.8 Å². The number of ether oxygens (including phenoxy) is 2. The van der Waals surface area contributed by atoms with Crippen LogP contribution >= 0.6 is 0 Å². The van der Waals surface area contributed by atoms with Gasteiger partial charge in [0.2, 0.25) is 21.9 Å². The number of carbonyl (C=O) groups is 1. The molecule has 1 fully saturated rings. The van der Waals surface area contributed by atoms with Gasteiger partial charge in [0.25, 0.3) is 0 Å². The average molecular weight is 582 g/mol. The van der Waals surface area contributed by atoms with Crippen molar-refractivity contribution >= 4 is 33.3 Å². The summed E-state index contributed by atoms with van der Waals surface area (Å²) in [6.45, 7) is 1.91. The number of methoxy groups -OCH3 is 2. The minimum Gasteiger partial charge on any atom is -0.493 e. The Hall–Kier alpha value is -3.70. The van der Waals surface area contributed by atoms with Crippen molar-refractivity contribution in [1.82, 2.24) is 14.7 Å². The van der Waals surface area contributed by atoms with Crippen LogP contribution in [-0.4, -0.2) is 45.6 Å². The molecule has 1 aromatic heterocycles. The van der Waals surface area contributed by atoms with E-state index in [-0.39, 0.29) is 23.2 Å². The van der Waals surface area contributed by atoms with Crippen LogP contribution in [0.2, 0.25) is 0 Å². The number of aryl methyl sites for hydroxylation is 2. The van der Waals surface area contributed by atoms with Crippen LogP contribution in [0.25, 0.3) is 0 Å². The third kappa shape index (κ3) is 7.95. The molecule has 4 rings (SSSR count). The summed E-state index contributed by atoms with van der Waals surface area (Å²) < 4.78 is 37.8. The lowest BCUT2D eigenvalue weighted by Crippen LogP contribution is -2.19. The van der Waals surface area contributed by atoms with Crippen LogP contribution in [0.5, 0.6) is 11.5 Å². The molecule has 0 bridgehead atoms. The Bertz CT molecular complexity index is 1470. The van der Waals surface area contributed by atoms with Crippen molar-refractivity contribution in [3.8, 4) is 11.5 Å². The van der Waals surface area contributed by atoms with E-state index in [0.717, 1.165) is 23.2 Å². The summed E-state index contributed by atoms with van der Waals surface area (Å²) in [5.41, 5.74) is 3.75. The highest BCUT2D eigenvalue weighted by molar-refractivity contribution is 7.89. The third-order valence-electron chi connectivity index (χ3n) is 7.50. The second-order valence-electron chi connectivity index (χ2n) is 10.3. The van der Waals surface area contributed by atoms with Crippen LogP contribution in [0.3, 0.4) is 0 Å². The number of sulfonamides is 1. The number of carbonyl (C=O) groups excluding carboxylic acids is 1. The first-order chi connectivity index (χ1) is 19.7. The number of hydrogen-bond acceptors (Lipinski definition) is 8. The van der Waals surface area contributed by atoms with Crippen LogP contribution in [0.1, 0.15) is 55.3 Å². The van der Waals surface area contributed by atoms with E-state index in [9.17, 15) is 13.2 Å². The largest absolute Gasteiger partial charge is 0.493 e. The molecule has 2 aromatic carbocycles. The average Bonchev–Trinajstić information content (AvgIpc) is 2.98. The van der Waals surface area contributed by atoms with Gasteiger partial charge in [-0.1, -0.05) is 44.2 Å². The maximum absolute atomic E-state index is 12.9. The zero-order valence-electron chi connectivity index (χ0n) is 24.1. The predicted molar refractivity (Wildman–Crippen MR) is 160 cm³/mol. The van der Waals surface area contributed by atoms with Gasteiger partial charge in [0, 0.05) is 5.69 Å². The lowest BCUT2D eigenvalue weighted by Gasteiger charge is -2.22. The van der Waals surface area contributed by atoms with Gasteiger partial charge in [-0.2, -0.15) is 0 Å². The molecule has 1 heterocycles. The molecule has 1 saturated carbocycles. The highest BCUT2D eigenvalue weighted by atomic mass is 32.2. The topological polar surface area (TPSA) is 132 Å². The van der Waals surface area contributed by atoms with Crippen LogP contribution in [0.15, 0.2) is 47.5 Å². The fraction of sp³-hybridized carbons (Fsp3) is 0.433. The summed E-state index contributed by atoms with van der Waals surface area (Å²) in [7, 11) is 0.900. The quantitative estimate of drug-likeness (QED) is 0.268. The molecule has 1 aliphatic carbocycles. The fourth-order valence-electron chi connectivity index (χ4n) is 5.10. The molecule has 41 heavy (non-hydrogen) atoms. The zero-order valence-corrected chi connectivity index (χ0v) is 24.9. The Balaban J connectivity index is 1.56. The van der Waals surface area contributed by atoms with Gasteiger partial charge in [-0.15, -0.1) is 0 Å². The number of hydrogen-bond donors (Lipinski definition) is 3. The maximum atomic E-state index is 12.9. The molecular formula is C30H39N5O5S. The first-order valence-electron chi connectivity index (χ1n) is 13.9. The number of benzene rings is 2. The highest BCUT2D eigenvalue weighted by Crippen LogP contribution is 2.31. The van der Waals surface area contributed by atoms with E-state index in [1.54, 1.807) is 50.7 Å². The summed E-state index contributed by atoms with van der Waals surface area (Å²) >= 11 is 0. The second-order valence-corrected chi connectivity index (χ2v) is 12.2. The zero-order chi connectivity index (χ0) is 29.4. The van der Waals surface area contributed by atoms with E-state index in [1.807, 2.05) is 13.0 Å². The maximum Gasteiger partial charge on any atom is 0.240 e. The highest BCUT2D eigenvalue weighted by Gasteiger charge is 2.18. The van der Waals surface area contributed by atoms with Gasteiger partial charge in [-0.05, 0) is 68.1 Å². The molecule has 220 valence electrons. The molecule has 0 spiro atoms. The van der Waals surface area contributed by atoms with E-state index in [0.29, 0.717) is 35.2 Å². The molecule has 10 nitrogen and oxygen atoms in total.